The summed E-state index contributed by atoms with van der Waals surface area (Å²) < 4.78 is 0. The summed E-state index contributed by atoms with van der Waals surface area (Å²) in [6.45, 7) is 9.27. The van der Waals surface area contributed by atoms with Gasteiger partial charge in [-0.15, -0.1) is 0 Å². The summed E-state index contributed by atoms with van der Waals surface area (Å²) in [5.41, 5.74) is 2.88. The Kier molecular flexibility index (Phi) is 4.68. The number of para-hydroxylation sites is 1. The molecule has 0 aliphatic carbocycles. The van der Waals surface area contributed by atoms with Crippen molar-refractivity contribution in [3.05, 3.63) is 76.6 Å². The molecule has 1 aliphatic rings. The van der Waals surface area contributed by atoms with Gasteiger partial charge in [-0.05, 0) is 31.0 Å². The maximum atomic E-state index is 13.2. The third-order valence-corrected chi connectivity index (χ3v) is 4.87. The monoisotopic (exact) mass is 363 g/mol. The molecule has 2 aromatic rings. The van der Waals surface area contributed by atoms with Crippen LogP contribution in [-0.2, 0) is 9.59 Å². The van der Waals surface area contributed by atoms with Crippen LogP contribution in [0.5, 0.6) is 0 Å². The first-order valence-corrected chi connectivity index (χ1v) is 9.06. The van der Waals surface area contributed by atoms with Crippen LogP contribution in [0.15, 0.2) is 59.9 Å². The van der Waals surface area contributed by atoms with Gasteiger partial charge < -0.3 is 5.11 Å². The highest BCUT2D eigenvalue weighted by molar-refractivity contribution is 6.17. The quantitative estimate of drug-likeness (QED) is 0.851. The van der Waals surface area contributed by atoms with Gasteiger partial charge >= 0.3 is 0 Å². The Morgan fingerprint density at radius 2 is 1.70 bits per heavy atom. The molecule has 4 nitrogen and oxygen atoms in total. The van der Waals surface area contributed by atoms with Crippen LogP contribution in [0.25, 0.3) is 0 Å². The van der Waals surface area contributed by atoms with Crippen molar-refractivity contribution in [2.24, 2.45) is 5.41 Å². The van der Waals surface area contributed by atoms with Crippen molar-refractivity contribution in [3.8, 4) is 0 Å². The first kappa shape index (κ1) is 18.9. The van der Waals surface area contributed by atoms with Gasteiger partial charge in [0.05, 0.1) is 11.6 Å². The molecular formula is C23H25NO3. The van der Waals surface area contributed by atoms with Crippen LogP contribution >= 0.6 is 0 Å². The standard InChI is InChI=1S/C23H25NO3/c1-14-9-8-11-16(13-14)19-18(21(26)23(3,4)5)20(25)22(27)24(19)17-12-7-6-10-15(17)2/h6-13,19,25H,1-5H3. The zero-order valence-corrected chi connectivity index (χ0v) is 16.4. The zero-order valence-electron chi connectivity index (χ0n) is 16.4. The lowest BCUT2D eigenvalue weighted by Crippen LogP contribution is -2.33. The summed E-state index contributed by atoms with van der Waals surface area (Å²) in [6, 6.07) is 14.6. The van der Waals surface area contributed by atoms with E-state index < -0.39 is 23.1 Å². The van der Waals surface area contributed by atoms with Gasteiger partial charge in [0.1, 0.15) is 0 Å². The molecule has 3 rings (SSSR count). The molecule has 4 heteroatoms. The molecule has 1 N–H and O–H groups in total. The second-order valence-electron chi connectivity index (χ2n) is 8.12. The van der Waals surface area contributed by atoms with Crippen LogP contribution in [0.3, 0.4) is 0 Å². The number of nitrogens with zero attached hydrogens (tertiary/aromatic N) is 1. The van der Waals surface area contributed by atoms with E-state index in [1.165, 1.54) is 0 Å². The van der Waals surface area contributed by atoms with Crippen molar-refractivity contribution in [2.45, 2.75) is 40.7 Å². The highest BCUT2D eigenvalue weighted by Crippen LogP contribution is 2.44. The van der Waals surface area contributed by atoms with Gasteiger partial charge in [0, 0.05) is 11.1 Å². The molecule has 0 radical (unpaired) electrons. The summed E-state index contributed by atoms with van der Waals surface area (Å²) in [6.07, 6.45) is 0. The van der Waals surface area contributed by atoms with Crippen molar-refractivity contribution in [1.29, 1.82) is 0 Å². The number of hydrogen-bond acceptors (Lipinski definition) is 3. The number of Topliss-reactive ketones (excluding diaryl/α,β-unsaturated/α-hetero) is 1. The molecule has 2 aromatic carbocycles. The number of anilines is 1. The molecule has 0 saturated carbocycles. The largest absolute Gasteiger partial charge is 0.503 e. The minimum atomic E-state index is -0.715. The first-order chi connectivity index (χ1) is 12.6. The third-order valence-electron chi connectivity index (χ3n) is 4.87. The van der Waals surface area contributed by atoms with E-state index in [9.17, 15) is 14.7 Å². The van der Waals surface area contributed by atoms with Crippen LogP contribution in [0, 0.1) is 19.3 Å². The second kappa shape index (κ2) is 6.69. The number of benzene rings is 2. The summed E-state index contributed by atoms with van der Waals surface area (Å²) in [5, 5.41) is 10.7. The van der Waals surface area contributed by atoms with E-state index in [0.717, 1.165) is 16.7 Å². The highest BCUT2D eigenvalue weighted by Gasteiger charge is 2.46. The van der Waals surface area contributed by atoms with E-state index in [0.29, 0.717) is 5.69 Å². The van der Waals surface area contributed by atoms with E-state index in [1.54, 1.807) is 25.7 Å². The highest BCUT2D eigenvalue weighted by atomic mass is 16.3. The number of carbonyl (C=O) groups is 2. The molecule has 1 unspecified atom stereocenters. The Bertz CT molecular complexity index is 950. The zero-order chi connectivity index (χ0) is 19.9. The van der Waals surface area contributed by atoms with Gasteiger partial charge in [-0.2, -0.15) is 0 Å². The van der Waals surface area contributed by atoms with E-state index in [1.807, 2.05) is 62.4 Å². The number of carbonyl (C=O) groups excluding carboxylic acids is 2. The minimum absolute atomic E-state index is 0.168. The summed E-state index contributed by atoms with van der Waals surface area (Å²) in [7, 11) is 0. The fourth-order valence-corrected chi connectivity index (χ4v) is 3.48. The Morgan fingerprint density at radius 1 is 1.04 bits per heavy atom. The number of aliphatic hydroxyl groups excluding tert-OH is 1. The second-order valence-corrected chi connectivity index (χ2v) is 8.12. The maximum Gasteiger partial charge on any atom is 0.294 e. The number of ketones is 1. The smallest absolute Gasteiger partial charge is 0.294 e. The molecule has 1 heterocycles. The van der Waals surface area contributed by atoms with Gasteiger partial charge in [0.25, 0.3) is 5.91 Å². The van der Waals surface area contributed by atoms with Crippen LogP contribution in [0.1, 0.15) is 43.5 Å². The predicted molar refractivity (Wildman–Crippen MR) is 107 cm³/mol. The SMILES string of the molecule is Cc1cccc(C2C(C(=O)C(C)(C)C)=C(O)C(=O)N2c2ccccc2C)c1. The van der Waals surface area contributed by atoms with E-state index >= 15 is 0 Å². The van der Waals surface area contributed by atoms with E-state index in [2.05, 4.69) is 0 Å². The molecular weight excluding hydrogens is 338 g/mol. The molecule has 0 spiro atoms. The summed E-state index contributed by atoms with van der Waals surface area (Å²) >= 11 is 0. The number of aliphatic hydroxyl groups is 1. The number of rotatable bonds is 3. The lowest BCUT2D eigenvalue weighted by atomic mass is 9.82. The number of amides is 1. The molecule has 0 fully saturated rings. The van der Waals surface area contributed by atoms with Crippen LogP contribution in [0.2, 0.25) is 0 Å². The minimum Gasteiger partial charge on any atom is -0.503 e. The van der Waals surface area contributed by atoms with Crippen molar-refractivity contribution in [1.82, 2.24) is 0 Å². The molecule has 1 atom stereocenters. The fourth-order valence-electron chi connectivity index (χ4n) is 3.48. The molecule has 0 aromatic heterocycles. The molecule has 1 amide bonds. The van der Waals surface area contributed by atoms with Crippen molar-refractivity contribution < 1.29 is 14.7 Å². The average Bonchev–Trinajstić information content (AvgIpc) is 2.85. The first-order valence-electron chi connectivity index (χ1n) is 9.06. The Balaban J connectivity index is 2.25. The van der Waals surface area contributed by atoms with E-state index in [-0.39, 0.29) is 11.4 Å². The van der Waals surface area contributed by atoms with Gasteiger partial charge in [0.2, 0.25) is 0 Å². The van der Waals surface area contributed by atoms with Crippen molar-refractivity contribution in [2.75, 3.05) is 4.90 Å². The van der Waals surface area contributed by atoms with Crippen LogP contribution < -0.4 is 4.90 Å². The Labute approximate surface area is 160 Å². The molecule has 27 heavy (non-hydrogen) atoms. The molecule has 140 valence electrons. The average molecular weight is 363 g/mol. The lowest BCUT2D eigenvalue weighted by molar-refractivity contribution is -0.123. The fraction of sp³-hybridized carbons (Fsp3) is 0.304. The van der Waals surface area contributed by atoms with Gasteiger partial charge in [0.15, 0.2) is 11.5 Å². The maximum absolute atomic E-state index is 13.2. The summed E-state index contributed by atoms with van der Waals surface area (Å²) in [5.74, 6) is -1.22. The Hall–Kier alpha value is -2.88. The van der Waals surface area contributed by atoms with E-state index in [4.69, 9.17) is 0 Å². The number of aryl methyl sites for hydroxylation is 2. The lowest BCUT2D eigenvalue weighted by Gasteiger charge is -2.30. The third kappa shape index (κ3) is 3.27. The molecule has 0 bridgehead atoms. The number of hydrogen-bond donors (Lipinski definition) is 1. The van der Waals surface area contributed by atoms with Crippen LogP contribution in [0.4, 0.5) is 5.69 Å². The van der Waals surface area contributed by atoms with Crippen molar-refractivity contribution in [3.63, 3.8) is 0 Å². The predicted octanol–water partition coefficient (Wildman–Crippen LogP) is 4.82. The van der Waals surface area contributed by atoms with Gasteiger partial charge in [-0.1, -0.05) is 68.8 Å². The topological polar surface area (TPSA) is 57.6 Å². The Morgan fingerprint density at radius 3 is 2.30 bits per heavy atom. The van der Waals surface area contributed by atoms with Gasteiger partial charge in [-0.25, -0.2) is 0 Å². The van der Waals surface area contributed by atoms with Crippen molar-refractivity contribution >= 4 is 17.4 Å². The summed E-state index contributed by atoms with van der Waals surface area (Å²) in [4.78, 5) is 27.7. The van der Waals surface area contributed by atoms with Crippen LogP contribution in [-0.4, -0.2) is 16.8 Å². The van der Waals surface area contributed by atoms with Gasteiger partial charge in [-0.3, -0.25) is 14.5 Å². The normalized spacial score (nSPS) is 17.6. The molecule has 1 aliphatic heterocycles. The molecule has 0 saturated heterocycles.